The summed E-state index contributed by atoms with van der Waals surface area (Å²) < 4.78 is 10.8. The summed E-state index contributed by atoms with van der Waals surface area (Å²) >= 11 is 0. The number of hydrogen-bond acceptors (Lipinski definition) is 6. The molecule has 2 heterocycles. The van der Waals surface area contributed by atoms with E-state index in [1.165, 1.54) is 0 Å². The lowest BCUT2D eigenvalue weighted by atomic mass is 9.97. The first-order chi connectivity index (χ1) is 10.6. The number of nitriles is 2. The zero-order chi connectivity index (χ0) is 16.0. The third kappa shape index (κ3) is 1.33. The fraction of sp³-hybridized carbons (Fsp3) is 0. The van der Waals surface area contributed by atoms with E-state index >= 15 is 0 Å². The second kappa shape index (κ2) is 4.25. The second-order valence-electron chi connectivity index (χ2n) is 4.35. The highest BCUT2D eigenvalue weighted by Gasteiger charge is 2.26. The second-order valence-corrected chi connectivity index (χ2v) is 4.35. The van der Waals surface area contributed by atoms with Gasteiger partial charge < -0.3 is 20.3 Å². The highest BCUT2D eigenvalue weighted by atomic mass is 16.4. The average Bonchev–Trinajstić information content (AvgIpc) is 3.00. The van der Waals surface area contributed by atoms with Crippen LogP contribution in [-0.4, -0.2) is 0 Å². The smallest absolute Gasteiger partial charge is 0.209 e. The zero-order valence-corrected chi connectivity index (χ0v) is 11.0. The lowest BCUT2D eigenvalue weighted by Crippen LogP contribution is -1.89. The van der Waals surface area contributed by atoms with Gasteiger partial charge in [-0.25, -0.2) is 0 Å². The van der Waals surface area contributed by atoms with Crippen LogP contribution in [0.2, 0.25) is 0 Å². The van der Waals surface area contributed by atoms with Crippen LogP contribution in [0, 0.1) is 47.3 Å². The monoisotopic (exact) mass is 286 g/mol. The highest BCUT2D eigenvalue weighted by molar-refractivity contribution is 6.11. The van der Waals surface area contributed by atoms with Crippen LogP contribution < -0.4 is 11.5 Å². The molecule has 0 aliphatic rings. The molecule has 0 saturated carbocycles. The SMILES string of the molecule is C#Cc1c2oc(N)c(C#N)c2c(C#C)c2oc(N)c(C#N)c12. The van der Waals surface area contributed by atoms with Crippen LogP contribution in [0.3, 0.4) is 0 Å². The van der Waals surface area contributed by atoms with Gasteiger partial charge in [0.25, 0.3) is 0 Å². The van der Waals surface area contributed by atoms with Crippen LogP contribution in [0.5, 0.6) is 0 Å². The van der Waals surface area contributed by atoms with Gasteiger partial charge in [-0.05, 0) is 0 Å². The number of nitrogens with two attached hydrogens (primary N) is 2. The van der Waals surface area contributed by atoms with Crippen LogP contribution >= 0.6 is 0 Å². The number of nitrogens with zero attached hydrogens (tertiary/aromatic N) is 2. The van der Waals surface area contributed by atoms with Crippen LogP contribution in [0.4, 0.5) is 11.8 Å². The summed E-state index contributed by atoms with van der Waals surface area (Å²) in [5.41, 5.74) is 12.3. The van der Waals surface area contributed by atoms with Crippen LogP contribution in [0.25, 0.3) is 21.9 Å². The topological polar surface area (TPSA) is 126 Å². The maximum Gasteiger partial charge on any atom is 0.209 e. The molecular weight excluding hydrogens is 280 g/mol. The Balaban J connectivity index is 2.80. The van der Waals surface area contributed by atoms with Gasteiger partial charge in [0, 0.05) is 0 Å². The van der Waals surface area contributed by atoms with Gasteiger partial charge in [-0.2, -0.15) is 10.5 Å². The molecule has 0 unspecified atom stereocenters. The summed E-state index contributed by atoms with van der Waals surface area (Å²) in [6.07, 6.45) is 11.1. The molecule has 0 aliphatic heterocycles. The normalized spacial score (nSPS) is 10.0. The molecule has 0 spiro atoms. The number of hydrogen-bond donors (Lipinski definition) is 2. The van der Waals surface area contributed by atoms with Crippen LogP contribution in [-0.2, 0) is 0 Å². The molecule has 0 atom stereocenters. The third-order valence-corrected chi connectivity index (χ3v) is 3.34. The van der Waals surface area contributed by atoms with E-state index in [2.05, 4.69) is 11.8 Å². The van der Waals surface area contributed by atoms with Gasteiger partial charge in [-0.1, -0.05) is 11.8 Å². The molecule has 6 heteroatoms. The fourth-order valence-electron chi connectivity index (χ4n) is 2.45. The molecule has 0 radical (unpaired) electrons. The molecule has 2 aromatic heterocycles. The molecule has 3 aromatic rings. The maximum absolute atomic E-state index is 9.25. The Labute approximate surface area is 124 Å². The van der Waals surface area contributed by atoms with E-state index in [9.17, 15) is 10.5 Å². The summed E-state index contributed by atoms with van der Waals surface area (Å²) in [6, 6.07) is 3.85. The summed E-state index contributed by atoms with van der Waals surface area (Å²) in [7, 11) is 0. The number of rotatable bonds is 0. The Morgan fingerprint density at radius 1 is 0.727 bits per heavy atom. The Hall–Kier alpha value is -4.00. The van der Waals surface area contributed by atoms with Gasteiger partial charge in [0.05, 0.1) is 21.9 Å². The largest absolute Gasteiger partial charge is 0.438 e. The van der Waals surface area contributed by atoms with Crippen molar-refractivity contribution in [3.8, 4) is 36.8 Å². The van der Waals surface area contributed by atoms with Crippen LogP contribution in [0.15, 0.2) is 8.83 Å². The zero-order valence-electron chi connectivity index (χ0n) is 11.0. The maximum atomic E-state index is 9.25. The highest BCUT2D eigenvalue weighted by Crippen LogP contribution is 2.41. The molecule has 0 fully saturated rings. The Morgan fingerprint density at radius 2 is 1.09 bits per heavy atom. The van der Waals surface area contributed by atoms with E-state index in [0.29, 0.717) is 0 Å². The van der Waals surface area contributed by atoms with E-state index in [1.54, 1.807) is 0 Å². The first-order valence-electron chi connectivity index (χ1n) is 5.92. The molecule has 102 valence electrons. The van der Waals surface area contributed by atoms with Gasteiger partial charge in [0.2, 0.25) is 11.8 Å². The molecule has 1 aromatic carbocycles. The molecule has 0 bridgehead atoms. The van der Waals surface area contributed by atoms with Crippen molar-refractivity contribution in [3.05, 3.63) is 22.3 Å². The molecule has 0 saturated heterocycles. The minimum atomic E-state index is -0.107. The summed E-state index contributed by atoms with van der Waals surface area (Å²) in [5.74, 6) is 4.63. The minimum absolute atomic E-state index is 0.0647. The van der Waals surface area contributed by atoms with Crippen molar-refractivity contribution in [2.24, 2.45) is 0 Å². The third-order valence-electron chi connectivity index (χ3n) is 3.34. The molecule has 0 amide bonds. The average molecular weight is 286 g/mol. The van der Waals surface area contributed by atoms with E-state index in [-0.39, 0.29) is 56.0 Å². The van der Waals surface area contributed by atoms with Crippen molar-refractivity contribution in [2.75, 3.05) is 11.5 Å². The van der Waals surface area contributed by atoms with Crippen molar-refractivity contribution in [1.29, 1.82) is 10.5 Å². The number of furan rings is 2. The predicted molar refractivity (Wildman–Crippen MR) is 80.1 cm³/mol. The van der Waals surface area contributed by atoms with E-state index < -0.39 is 0 Å². The molecular formula is C16H6N4O2. The van der Waals surface area contributed by atoms with Gasteiger partial charge in [-0.3, -0.25) is 0 Å². The molecule has 4 N–H and O–H groups in total. The van der Waals surface area contributed by atoms with Gasteiger partial charge in [0.15, 0.2) is 11.2 Å². The van der Waals surface area contributed by atoms with Crippen molar-refractivity contribution in [3.63, 3.8) is 0 Å². The van der Waals surface area contributed by atoms with E-state index in [0.717, 1.165) is 0 Å². The first-order valence-corrected chi connectivity index (χ1v) is 5.92. The van der Waals surface area contributed by atoms with Gasteiger partial charge >= 0.3 is 0 Å². The Bertz CT molecular complexity index is 1040. The fourth-order valence-corrected chi connectivity index (χ4v) is 2.45. The Morgan fingerprint density at radius 3 is 1.36 bits per heavy atom. The van der Waals surface area contributed by atoms with Crippen molar-refractivity contribution < 1.29 is 8.83 Å². The lowest BCUT2D eigenvalue weighted by Gasteiger charge is -2.00. The molecule has 22 heavy (non-hydrogen) atoms. The van der Waals surface area contributed by atoms with Crippen molar-refractivity contribution in [2.45, 2.75) is 0 Å². The van der Waals surface area contributed by atoms with Crippen LogP contribution in [0.1, 0.15) is 22.3 Å². The number of fused-ring (bicyclic) bond motifs is 2. The lowest BCUT2D eigenvalue weighted by molar-refractivity contribution is 0.631. The first kappa shape index (κ1) is 13.0. The number of benzene rings is 1. The Kier molecular flexibility index (Phi) is 2.51. The van der Waals surface area contributed by atoms with Crippen molar-refractivity contribution >= 4 is 33.7 Å². The quantitative estimate of drug-likeness (QED) is 0.609. The standard InChI is InChI=1S/C16H6N4O2/c1-3-7-11-9(5-17)15(19)22-14(11)8(4-2)12-10(6-18)16(20)21-13(7)12/h1-2H,19-20H2. The van der Waals surface area contributed by atoms with Crippen molar-refractivity contribution in [1.82, 2.24) is 0 Å². The van der Waals surface area contributed by atoms with Gasteiger partial charge in [-0.15, -0.1) is 12.8 Å². The number of nitrogen functional groups attached to an aromatic ring is 2. The van der Waals surface area contributed by atoms with Gasteiger partial charge in [0.1, 0.15) is 23.3 Å². The molecule has 0 aliphatic carbocycles. The summed E-state index contributed by atoms with van der Waals surface area (Å²) in [5, 5.41) is 19.1. The summed E-state index contributed by atoms with van der Waals surface area (Å²) in [6.45, 7) is 0. The minimum Gasteiger partial charge on any atom is -0.438 e. The number of anilines is 2. The van der Waals surface area contributed by atoms with E-state index in [1.807, 2.05) is 12.1 Å². The van der Waals surface area contributed by atoms with E-state index in [4.69, 9.17) is 33.1 Å². The number of terminal acetylenes is 2. The summed E-state index contributed by atoms with van der Waals surface area (Å²) in [4.78, 5) is 0. The molecule has 3 rings (SSSR count). The molecule has 6 nitrogen and oxygen atoms in total. The predicted octanol–water partition coefficient (Wildman–Crippen LogP) is 2.05.